The van der Waals surface area contributed by atoms with Crippen molar-refractivity contribution in [2.24, 2.45) is 11.7 Å². The lowest BCUT2D eigenvalue weighted by molar-refractivity contribution is -0.131. The van der Waals surface area contributed by atoms with Crippen LogP contribution in [0.25, 0.3) is 0 Å². The molecule has 0 spiro atoms. The molecule has 2 aliphatic rings. The van der Waals surface area contributed by atoms with Gasteiger partial charge in [-0.05, 0) is 31.6 Å². The molecule has 1 saturated heterocycles. The Kier molecular flexibility index (Phi) is 3.29. The summed E-state index contributed by atoms with van der Waals surface area (Å²) in [5.41, 5.74) is 6.26. The lowest BCUT2D eigenvalue weighted by Crippen LogP contribution is -2.50. The van der Waals surface area contributed by atoms with E-state index >= 15 is 0 Å². The number of nitrogens with zero attached hydrogens (tertiary/aromatic N) is 1. The first-order chi connectivity index (χ1) is 7.20. The number of rotatable bonds is 2. The number of amides is 1. The van der Waals surface area contributed by atoms with E-state index in [4.69, 9.17) is 5.73 Å². The van der Waals surface area contributed by atoms with E-state index in [-0.39, 0.29) is 11.9 Å². The highest BCUT2D eigenvalue weighted by Crippen LogP contribution is 2.35. The third-order valence-corrected chi connectivity index (χ3v) is 3.81. The molecule has 86 valence electrons. The first kappa shape index (κ1) is 10.9. The summed E-state index contributed by atoms with van der Waals surface area (Å²) in [6, 6.07) is 0.546. The van der Waals surface area contributed by atoms with Gasteiger partial charge in [0.05, 0.1) is 0 Å². The van der Waals surface area contributed by atoms with Gasteiger partial charge in [-0.25, -0.2) is 0 Å². The average molecular weight is 210 g/mol. The van der Waals surface area contributed by atoms with Crippen LogP contribution in [0.2, 0.25) is 0 Å². The molecule has 3 nitrogen and oxygen atoms in total. The Morgan fingerprint density at radius 2 is 2.00 bits per heavy atom. The SMILES string of the molecule is CC(=O)N1CCCCCC1C(N)C1CC1. The Labute approximate surface area is 92.0 Å². The maximum absolute atomic E-state index is 11.6. The highest BCUT2D eigenvalue weighted by Gasteiger charge is 2.37. The minimum atomic E-state index is 0.206. The normalized spacial score (nSPS) is 29.7. The van der Waals surface area contributed by atoms with Gasteiger partial charge in [0.2, 0.25) is 5.91 Å². The summed E-state index contributed by atoms with van der Waals surface area (Å²) in [5.74, 6) is 0.896. The number of nitrogens with two attached hydrogens (primary N) is 1. The van der Waals surface area contributed by atoms with Gasteiger partial charge in [-0.1, -0.05) is 12.8 Å². The Morgan fingerprint density at radius 1 is 1.27 bits per heavy atom. The third kappa shape index (κ3) is 2.51. The van der Waals surface area contributed by atoms with Gasteiger partial charge >= 0.3 is 0 Å². The zero-order valence-corrected chi connectivity index (χ0v) is 9.61. The third-order valence-electron chi connectivity index (χ3n) is 3.81. The van der Waals surface area contributed by atoms with Crippen LogP contribution in [0, 0.1) is 5.92 Å². The van der Waals surface area contributed by atoms with Gasteiger partial charge in [-0.15, -0.1) is 0 Å². The molecular formula is C12H22N2O. The van der Waals surface area contributed by atoms with Gasteiger partial charge < -0.3 is 10.6 Å². The predicted octanol–water partition coefficient (Wildman–Crippen LogP) is 1.51. The summed E-state index contributed by atoms with van der Waals surface area (Å²) >= 11 is 0. The van der Waals surface area contributed by atoms with Crippen LogP contribution < -0.4 is 5.73 Å². The molecule has 2 rings (SSSR count). The van der Waals surface area contributed by atoms with Crippen LogP contribution in [-0.2, 0) is 4.79 Å². The Balaban J connectivity index is 2.04. The molecule has 0 aromatic rings. The maximum Gasteiger partial charge on any atom is 0.219 e. The quantitative estimate of drug-likeness (QED) is 0.751. The minimum absolute atomic E-state index is 0.206. The van der Waals surface area contributed by atoms with Crippen LogP contribution in [0.1, 0.15) is 45.4 Å². The van der Waals surface area contributed by atoms with Crippen LogP contribution in [0.3, 0.4) is 0 Å². The second-order valence-electron chi connectivity index (χ2n) is 5.04. The van der Waals surface area contributed by atoms with Gasteiger partial charge in [0.15, 0.2) is 0 Å². The van der Waals surface area contributed by atoms with Crippen molar-refractivity contribution in [3.8, 4) is 0 Å². The number of hydrogen-bond donors (Lipinski definition) is 1. The van der Waals surface area contributed by atoms with Crippen molar-refractivity contribution in [3.63, 3.8) is 0 Å². The molecule has 2 N–H and O–H groups in total. The average Bonchev–Trinajstić information content (AvgIpc) is 3.03. The fourth-order valence-corrected chi connectivity index (χ4v) is 2.72. The van der Waals surface area contributed by atoms with Crippen LogP contribution in [-0.4, -0.2) is 29.4 Å². The highest BCUT2D eigenvalue weighted by atomic mass is 16.2. The van der Waals surface area contributed by atoms with Crippen LogP contribution >= 0.6 is 0 Å². The van der Waals surface area contributed by atoms with E-state index in [9.17, 15) is 4.79 Å². The Morgan fingerprint density at radius 3 is 2.60 bits per heavy atom. The number of likely N-dealkylation sites (tertiary alicyclic amines) is 1. The van der Waals surface area contributed by atoms with Crippen LogP contribution in [0.5, 0.6) is 0 Å². The van der Waals surface area contributed by atoms with Gasteiger partial charge in [0.1, 0.15) is 0 Å². The van der Waals surface area contributed by atoms with Gasteiger partial charge in [0.25, 0.3) is 0 Å². The zero-order chi connectivity index (χ0) is 10.8. The smallest absolute Gasteiger partial charge is 0.219 e. The first-order valence-corrected chi connectivity index (χ1v) is 6.23. The zero-order valence-electron chi connectivity index (χ0n) is 9.61. The molecule has 1 aliphatic heterocycles. The monoisotopic (exact) mass is 210 g/mol. The molecule has 0 radical (unpaired) electrons. The molecule has 15 heavy (non-hydrogen) atoms. The predicted molar refractivity (Wildman–Crippen MR) is 60.3 cm³/mol. The van der Waals surface area contributed by atoms with E-state index in [1.165, 1.54) is 25.7 Å². The topological polar surface area (TPSA) is 46.3 Å². The van der Waals surface area contributed by atoms with Crippen molar-refractivity contribution in [2.45, 2.75) is 57.5 Å². The lowest BCUT2D eigenvalue weighted by Gasteiger charge is -2.33. The number of carbonyl (C=O) groups excluding carboxylic acids is 1. The molecular weight excluding hydrogens is 188 g/mol. The Hall–Kier alpha value is -0.570. The largest absolute Gasteiger partial charge is 0.338 e. The standard InChI is InChI=1S/C12H22N2O/c1-9(15)14-8-4-2-3-5-11(14)12(13)10-6-7-10/h10-12H,2-8,13H2,1H3. The van der Waals surface area contributed by atoms with Gasteiger partial charge in [-0.3, -0.25) is 4.79 Å². The van der Waals surface area contributed by atoms with E-state index in [1.54, 1.807) is 6.92 Å². The lowest BCUT2D eigenvalue weighted by atomic mass is 9.98. The van der Waals surface area contributed by atoms with Gasteiger partial charge in [-0.2, -0.15) is 0 Å². The molecule has 1 aliphatic carbocycles. The van der Waals surface area contributed by atoms with Crippen LogP contribution in [0.4, 0.5) is 0 Å². The van der Waals surface area contributed by atoms with Crippen molar-refractivity contribution in [3.05, 3.63) is 0 Å². The summed E-state index contributed by atoms with van der Waals surface area (Å²) in [6.45, 7) is 2.60. The second kappa shape index (κ2) is 4.52. The fraction of sp³-hybridized carbons (Fsp3) is 0.917. The molecule has 0 aromatic heterocycles. The maximum atomic E-state index is 11.6. The van der Waals surface area contributed by atoms with E-state index in [1.807, 2.05) is 4.90 Å². The summed E-state index contributed by atoms with van der Waals surface area (Å²) in [7, 11) is 0. The van der Waals surface area contributed by atoms with E-state index in [2.05, 4.69) is 0 Å². The van der Waals surface area contributed by atoms with E-state index in [0.29, 0.717) is 12.0 Å². The second-order valence-corrected chi connectivity index (χ2v) is 5.04. The van der Waals surface area contributed by atoms with E-state index < -0.39 is 0 Å². The number of carbonyl (C=O) groups is 1. The van der Waals surface area contributed by atoms with Crippen LogP contribution in [0.15, 0.2) is 0 Å². The summed E-state index contributed by atoms with van der Waals surface area (Å²) in [4.78, 5) is 13.6. The molecule has 0 bridgehead atoms. The molecule has 2 fully saturated rings. The summed E-state index contributed by atoms with van der Waals surface area (Å²) in [5, 5.41) is 0. The molecule has 3 heteroatoms. The summed E-state index contributed by atoms with van der Waals surface area (Å²) in [6.07, 6.45) is 7.27. The molecule has 1 amide bonds. The molecule has 0 aromatic carbocycles. The van der Waals surface area contributed by atoms with Crippen molar-refractivity contribution in [1.82, 2.24) is 4.90 Å². The molecule has 1 heterocycles. The molecule has 2 atom stereocenters. The molecule has 1 saturated carbocycles. The fourth-order valence-electron chi connectivity index (χ4n) is 2.72. The Bertz CT molecular complexity index is 238. The summed E-state index contributed by atoms with van der Waals surface area (Å²) < 4.78 is 0. The van der Waals surface area contributed by atoms with Crippen molar-refractivity contribution in [1.29, 1.82) is 0 Å². The highest BCUT2D eigenvalue weighted by molar-refractivity contribution is 5.73. The number of hydrogen-bond acceptors (Lipinski definition) is 2. The van der Waals surface area contributed by atoms with Crippen molar-refractivity contribution in [2.75, 3.05) is 6.54 Å². The minimum Gasteiger partial charge on any atom is -0.338 e. The first-order valence-electron chi connectivity index (χ1n) is 6.23. The molecule has 2 unspecified atom stereocenters. The van der Waals surface area contributed by atoms with Gasteiger partial charge in [0, 0.05) is 25.6 Å². The van der Waals surface area contributed by atoms with Crippen molar-refractivity contribution >= 4 is 5.91 Å². The van der Waals surface area contributed by atoms with E-state index in [0.717, 1.165) is 19.4 Å². The van der Waals surface area contributed by atoms with Crippen molar-refractivity contribution < 1.29 is 4.79 Å².